The van der Waals surface area contributed by atoms with Crippen molar-refractivity contribution in [3.8, 4) is 0 Å². The highest BCUT2D eigenvalue weighted by Crippen LogP contribution is 2.33. The first-order valence-corrected chi connectivity index (χ1v) is 11.2. The molecule has 0 fully saturated rings. The summed E-state index contributed by atoms with van der Waals surface area (Å²) >= 11 is 7.65. The third-order valence-corrected chi connectivity index (χ3v) is 6.58. The number of amides is 2. The summed E-state index contributed by atoms with van der Waals surface area (Å²) in [7, 11) is 0. The van der Waals surface area contributed by atoms with Gasteiger partial charge in [0.15, 0.2) is 5.13 Å². The van der Waals surface area contributed by atoms with Crippen LogP contribution in [0.1, 0.15) is 46.5 Å². The number of carbonyl (C=O) groups is 2. The van der Waals surface area contributed by atoms with Crippen LogP contribution in [0.3, 0.4) is 0 Å². The van der Waals surface area contributed by atoms with E-state index in [-0.39, 0.29) is 24.3 Å². The van der Waals surface area contributed by atoms with E-state index in [1.54, 1.807) is 17.3 Å². The zero-order valence-corrected chi connectivity index (χ0v) is 18.8. The van der Waals surface area contributed by atoms with Crippen molar-refractivity contribution >= 4 is 46.0 Å². The molecule has 0 spiro atoms. The molecule has 2 heterocycles. The van der Waals surface area contributed by atoms with Gasteiger partial charge in [-0.25, -0.2) is 4.98 Å². The summed E-state index contributed by atoms with van der Waals surface area (Å²) < 4.78 is 0. The molecule has 158 valence electrons. The number of hydrogen-bond acceptors (Lipinski definition) is 4. The Labute approximate surface area is 190 Å². The van der Waals surface area contributed by atoms with Gasteiger partial charge in [-0.3, -0.25) is 9.59 Å². The molecule has 7 heteroatoms. The van der Waals surface area contributed by atoms with Gasteiger partial charge in [0.05, 0.1) is 12.5 Å². The molecule has 5 nitrogen and oxygen atoms in total. The normalized spacial score (nSPS) is 14.9. The van der Waals surface area contributed by atoms with Gasteiger partial charge in [-0.1, -0.05) is 48.0 Å². The van der Waals surface area contributed by atoms with E-state index < -0.39 is 0 Å². The van der Waals surface area contributed by atoms with Gasteiger partial charge in [-0.2, -0.15) is 0 Å². The zero-order valence-electron chi connectivity index (χ0n) is 17.3. The van der Waals surface area contributed by atoms with Gasteiger partial charge in [0.1, 0.15) is 0 Å². The van der Waals surface area contributed by atoms with E-state index in [1.807, 2.05) is 55.5 Å². The van der Waals surface area contributed by atoms with E-state index in [0.29, 0.717) is 11.6 Å². The maximum atomic E-state index is 12.8. The topological polar surface area (TPSA) is 62.3 Å². The molecule has 1 N–H and O–H groups in total. The second-order valence-corrected chi connectivity index (χ2v) is 9.05. The number of fused-ring (bicyclic) bond motifs is 1. The summed E-state index contributed by atoms with van der Waals surface area (Å²) in [6, 6.07) is 13.5. The highest BCUT2D eigenvalue weighted by Gasteiger charge is 2.28. The number of nitrogens with zero attached hydrogens (tertiary/aromatic N) is 2. The molecule has 1 aliphatic heterocycles. The first kappa shape index (κ1) is 21.3. The van der Waals surface area contributed by atoms with Crippen molar-refractivity contribution in [3.05, 3.63) is 87.0 Å². The van der Waals surface area contributed by atoms with Crippen LogP contribution in [0.15, 0.2) is 54.9 Å². The molecule has 0 aliphatic carbocycles. The fraction of sp³-hybridized carbons (Fsp3) is 0.208. The molecule has 1 atom stereocenters. The monoisotopic (exact) mass is 451 g/mol. The Bertz CT molecular complexity index is 1170. The summed E-state index contributed by atoms with van der Waals surface area (Å²) in [6.45, 7) is 3.48. The minimum atomic E-state index is -0.340. The molecule has 0 radical (unpaired) electrons. The number of hydrogen-bond donors (Lipinski definition) is 1. The van der Waals surface area contributed by atoms with Crippen molar-refractivity contribution < 1.29 is 9.59 Å². The minimum Gasteiger partial charge on any atom is -0.311 e. The first-order chi connectivity index (χ1) is 14.9. The summed E-state index contributed by atoms with van der Waals surface area (Å²) in [5, 5.41) is 4.18. The molecule has 31 heavy (non-hydrogen) atoms. The van der Waals surface area contributed by atoms with Gasteiger partial charge in [-0.05, 0) is 41.3 Å². The molecule has 1 aliphatic rings. The lowest BCUT2D eigenvalue weighted by molar-refractivity contribution is -0.129. The smallest absolute Gasteiger partial charge is 0.228 e. The quantitative estimate of drug-likeness (QED) is 0.549. The maximum Gasteiger partial charge on any atom is 0.228 e. The van der Waals surface area contributed by atoms with Crippen molar-refractivity contribution in [2.24, 2.45) is 0 Å². The van der Waals surface area contributed by atoms with Crippen molar-refractivity contribution in [1.29, 1.82) is 0 Å². The average molecular weight is 452 g/mol. The van der Waals surface area contributed by atoms with Gasteiger partial charge >= 0.3 is 0 Å². The summed E-state index contributed by atoms with van der Waals surface area (Å²) in [5.41, 5.74) is 4.12. The van der Waals surface area contributed by atoms with Gasteiger partial charge in [-0.15, -0.1) is 11.3 Å². The van der Waals surface area contributed by atoms with E-state index in [0.717, 1.165) is 32.2 Å². The van der Waals surface area contributed by atoms with Crippen LogP contribution in [0, 0.1) is 6.92 Å². The number of aryl methyl sites for hydroxylation is 1. The lowest BCUT2D eigenvalue weighted by atomic mass is 9.93. The Morgan fingerprint density at radius 1 is 1.23 bits per heavy atom. The highest BCUT2D eigenvalue weighted by molar-refractivity contribution is 7.15. The molecule has 1 aromatic heterocycles. The highest BCUT2D eigenvalue weighted by atomic mass is 35.5. The van der Waals surface area contributed by atoms with E-state index in [1.165, 1.54) is 18.3 Å². The van der Waals surface area contributed by atoms with Crippen LogP contribution in [0.4, 0.5) is 5.13 Å². The number of nitrogens with one attached hydrogen (secondary N) is 1. The zero-order chi connectivity index (χ0) is 22.0. The summed E-state index contributed by atoms with van der Waals surface area (Å²) in [6.07, 6.45) is 6.27. The van der Waals surface area contributed by atoms with Gasteiger partial charge in [0.25, 0.3) is 0 Å². The summed E-state index contributed by atoms with van der Waals surface area (Å²) in [4.78, 5) is 31.9. The third kappa shape index (κ3) is 4.86. The third-order valence-electron chi connectivity index (χ3n) is 5.26. The number of halogens is 1. The Hall–Kier alpha value is -2.96. The van der Waals surface area contributed by atoms with Crippen LogP contribution in [-0.4, -0.2) is 21.7 Å². The molecule has 0 bridgehead atoms. The molecule has 2 amide bonds. The molecule has 1 unspecified atom stereocenters. The Kier molecular flexibility index (Phi) is 6.20. The Morgan fingerprint density at radius 3 is 2.81 bits per heavy atom. The van der Waals surface area contributed by atoms with Crippen LogP contribution in [0.25, 0.3) is 6.08 Å². The molecule has 2 aromatic carbocycles. The van der Waals surface area contributed by atoms with Crippen molar-refractivity contribution in [3.63, 3.8) is 0 Å². The second kappa shape index (κ2) is 9.04. The van der Waals surface area contributed by atoms with E-state index >= 15 is 0 Å². The fourth-order valence-corrected chi connectivity index (χ4v) is 4.72. The van der Waals surface area contributed by atoms with E-state index in [4.69, 9.17) is 11.6 Å². The van der Waals surface area contributed by atoms with Crippen molar-refractivity contribution in [2.45, 2.75) is 32.7 Å². The molecule has 0 saturated carbocycles. The fourth-order valence-electron chi connectivity index (χ4n) is 3.65. The van der Waals surface area contributed by atoms with Crippen LogP contribution >= 0.6 is 22.9 Å². The van der Waals surface area contributed by atoms with Crippen LogP contribution < -0.4 is 5.32 Å². The average Bonchev–Trinajstić information content (AvgIpc) is 3.17. The molecule has 3 aromatic rings. The predicted octanol–water partition coefficient (Wildman–Crippen LogP) is 5.60. The van der Waals surface area contributed by atoms with Gasteiger partial charge in [0.2, 0.25) is 11.8 Å². The number of rotatable bonds is 5. The minimum absolute atomic E-state index is 0.100. The molecular weight excluding hydrogens is 430 g/mol. The Morgan fingerprint density at radius 2 is 2.03 bits per heavy atom. The van der Waals surface area contributed by atoms with Crippen molar-refractivity contribution in [1.82, 2.24) is 9.88 Å². The van der Waals surface area contributed by atoms with Gasteiger partial charge < -0.3 is 10.2 Å². The Balaban J connectivity index is 1.44. The van der Waals surface area contributed by atoms with Crippen LogP contribution in [0.2, 0.25) is 5.02 Å². The number of aromatic nitrogens is 1. The first-order valence-electron chi connectivity index (χ1n) is 9.96. The standard InChI is InChI=1S/C24H22ClN3O2S/c1-15-7-8-17(12-21(15)25)11-19-14-26-24(31-19)27-23(30)13-22-20-6-4-3-5-18(20)9-10-28(22)16(2)29/h3-10,12,14,22H,11,13H2,1-2H3,(H,26,27,30). The SMILES string of the molecule is CC(=O)N1C=Cc2ccccc2C1CC(=O)Nc1ncc(Cc2ccc(C)c(Cl)c2)s1. The number of thiazole rings is 1. The maximum absolute atomic E-state index is 12.8. The van der Waals surface area contributed by atoms with Crippen LogP contribution in [-0.2, 0) is 16.0 Å². The van der Waals surface area contributed by atoms with Crippen molar-refractivity contribution in [2.75, 3.05) is 5.32 Å². The largest absolute Gasteiger partial charge is 0.311 e. The predicted molar refractivity (Wildman–Crippen MR) is 125 cm³/mol. The number of benzene rings is 2. The molecule has 0 saturated heterocycles. The summed E-state index contributed by atoms with van der Waals surface area (Å²) in [5.74, 6) is -0.280. The van der Waals surface area contributed by atoms with E-state index in [2.05, 4.69) is 10.3 Å². The lowest BCUT2D eigenvalue weighted by Gasteiger charge is -2.32. The van der Waals surface area contributed by atoms with E-state index in [9.17, 15) is 9.59 Å². The number of anilines is 1. The molecular formula is C24H22ClN3O2S. The van der Waals surface area contributed by atoms with Gasteiger partial charge in [0, 0.05) is 35.6 Å². The molecule has 4 rings (SSSR count). The van der Waals surface area contributed by atoms with Crippen LogP contribution in [0.5, 0.6) is 0 Å². The second-order valence-electron chi connectivity index (χ2n) is 7.53. The number of carbonyl (C=O) groups excluding carboxylic acids is 2. The lowest BCUT2D eigenvalue weighted by Crippen LogP contribution is -2.33.